The zero-order valence-corrected chi connectivity index (χ0v) is 23.1. The van der Waals surface area contributed by atoms with Gasteiger partial charge in [-0.15, -0.1) is 0 Å². The summed E-state index contributed by atoms with van der Waals surface area (Å²) < 4.78 is 1.76. The Hall–Kier alpha value is -4.40. The van der Waals surface area contributed by atoms with E-state index >= 15 is 0 Å². The second kappa shape index (κ2) is 10.5. The average molecular weight is 555 g/mol. The minimum Gasteiger partial charge on any atom is -0.478 e. The number of rotatable bonds is 7. The van der Waals surface area contributed by atoms with Gasteiger partial charge in [0.2, 0.25) is 0 Å². The van der Waals surface area contributed by atoms with Gasteiger partial charge in [-0.1, -0.05) is 12.1 Å². The van der Waals surface area contributed by atoms with E-state index < -0.39 is 18.0 Å². The second-order valence-electron chi connectivity index (χ2n) is 11.9. The zero-order valence-electron chi connectivity index (χ0n) is 23.1. The van der Waals surface area contributed by atoms with E-state index in [1.165, 1.54) is 56.0 Å². The molecule has 0 unspecified atom stereocenters. The number of aryl methyl sites for hydroxylation is 1. The van der Waals surface area contributed by atoms with Gasteiger partial charge in [-0.25, -0.2) is 19.8 Å². The molecule has 2 amide bonds. The van der Waals surface area contributed by atoms with Crippen LogP contribution in [-0.4, -0.2) is 39.0 Å². The van der Waals surface area contributed by atoms with Gasteiger partial charge in [0.15, 0.2) is 0 Å². The predicted octanol–water partition coefficient (Wildman–Crippen LogP) is 6.19. The molecule has 2 aromatic carbocycles. The lowest BCUT2D eigenvalue weighted by molar-refractivity contribution is -0.00277. The topological polar surface area (TPSA) is 133 Å². The van der Waals surface area contributed by atoms with Crippen LogP contribution in [0, 0.1) is 37.5 Å². The molecule has 4 aliphatic carbocycles. The molecule has 4 saturated carbocycles. The zero-order chi connectivity index (χ0) is 28.8. The van der Waals surface area contributed by atoms with E-state index in [2.05, 4.69) is 28.0 Å². The molecule has 9 nitrogen and oxygen atoms in total. The third-order valence-corrected chi connectivity index (χ3v) is 9.29. The molecule has 7 rings (SSSR count). The van der Waals surface area contributed by atoms with Gasteiger partial charge in [-0.3, -0.25) is 0 Å². The number of carboxylic acid groups (broad SMARTS) is 2. The summed E-state index contributed by atoms with van der Waals surface area (Å²) in [6, 6.07) is 13.6. The van der Waals surface area contributed by atoms with Gasteiger partial charge in [0.05, 0.1) is 17.3 Å². The van der Waals surface area contributed by atoms with Crippen LogP contribution in [0.3, 0.4) is 0 Å². The van der Waals surface area contributed by atoms with Crippen LogP contribution in [-0.2, 0) is 0 Å². The van der Waals surface area contributed by atoms with Crippen LogP contribution in [0.15, 0.2) is 53.6 Å². The van der Waals surface area contributed by atoms with E-state index in [9.17, 15) is 24.6 Å². The Morgan fingerprint density at radius 3 is 2.00 bits per heavy atom. The van der Waals surface area contributed by atoms with Crippen molar-refractivity contribution < 1.29 is 24.6 Å². The highest BCUT2D eigenvalue weighted by atomic mass is 16.4. The fourth-order valence-corrected chi connectivity index (χ4v) is 7.88. The van der Waals surface area contributed by atoms with Crippen molar-refractivity contribution in [3.05, 3.63) is 82.2 Å². The number of benzene rings is 2. The van der Waals surface area contributed by atoms with Crippen LogP contribution < -0.4 is 10.7 Å². The summed E-state index contributed by atoms with van der Waals surface area (Å²) in [7, 11) is 0. The Labute approximate surface area is 238 Å². The van der Waals surface area contributed by atoms with E-state index in [0.29, 0.717) is 28.6 Å². The van der Waals surface area contributed by atoms with Gasteiger partial charge in [0.25, 0.3) is 0 Å². The molecule has 0 spiro atoms. The van der Waals surface area contributed by atoms with Crippen molar-refractivity contribution in [2.24, 2.45) is 28.8 Å². The third kappa shape index (κ3) is 5.24. The number of aromatic nitrogens is 1. The maximum atomic E-state index is 12.5. The van der Waals surface area contributed by atoms with Crippen molar-refractivity contribution in [3.8, 4) is 5.69 Å². The minimum absolute atomic E-state index is 0.118. The van der Waals surface area contributed by atoms with Crippen LogP contribution >= 0.6 is 0 Å². The first-order chi connectivity index (χ1) is 19.7. The molecule has 1 heterocycles. The quantitative estimate of drug-likeness (QED) is 0.204. The number of aromatic carboxylic acids is 2. The molecule has 4 aliphatic rings. The van der Waals surface area contributed by atoms with E-state index in [-0.39, 0.29) is 11.1 Å². The molecule has 4 fully saturated rings. The normalized spacial score (nSPS) is 24.5. The summed E-state index contributed by atoms with van der Waals surface area (Å²) in [5.41, 5.74) is 6.94. The highest BCUT2D eigenvalue weighted by Gasteiger charge is 2.48. The number of nitrogens with zero attached hydrogens (tertiary/aromatic N) is 2. The SMILES string of the molecule is Cc1cc(/C=N/NC(=O)Nc2ccc(C3C4CC5CC(C4)CC3C5)cc2)c(C)n1-c1cc(C(=O)O)cc(C(=O)O)c1. The van der Waals surface area contributed by atoms with Crippen molar-refractivity contribution in [2.45, 2.75) is 51.9 Å². The maximum absolute atomic E-state index is 12.5. The molecule has 1 aromatic heterocycles. The number of anilines is 1. The lowest BCUT2D eigenvalue weighted by atomic mass is 9.51. The van der Waals surface area contributed by atoms with Crippen molar-refractivity contribution in [1.29, 1.82) is 0 Å². The van der Waals surface area contributed by atoms with Crippen LogP contribution in [0.25, 0.3) is 5.69 Å². The Morgan fingerprint density at radius 1 is 0.854 bits per heavy atom. The first-order valence-electron chi connectivity index (χ1n) is 14.2. The van der Waals surface area contributed by atoms with Crippen molar-refractivity contribution in [2.75, 3.05) is 5.32 Å². The summed E-state index contributed by atoms with van der Waals surface area (Å²) >= 11 is 0. The number of hydrogen-bond donors (Lipinski definition) is 4. The van der Waals surface area contributed by atoms with E-state index in [1.807, 2.05) is 32.0 Å². The van der Waals surface area contributed by atoms with E-state index in [1.54, 1.807) is 4.57 Å². The average Bonchev–Trinajstić information content (AvgIpc) is 3.21. The highest BCUT2D eigenvalue weighted by Crippen LogP contribution is 2.59. The lowest BCUT2D eigenvalue weighted by Gasteiger charge is -2.54. The molecular formula is C32H34N4O5. The molecule has 4 N–H and O–H groups in total. The molecule has 0 atom stereocenters. The molecule has 9 heteroatoms. The summed E-state index contributed by atoms with van der Waals surface area (Å²) in [4.78, 5) is 35.6. The highest BCUT2D eigenvalue weighted by molar-refractivity contribution is 5.95. The summed E-state index contributed by atoms with van der Waals surface area (Å²) in [5.74, 6) is 1.73. The molecule has 0 radical (unpaired) electrons. The van der Waals surface area contributed by atoms with Gasteiger partial charge >= 0.3 is 18.0 Å². The number of hydrazone groups is 1. The summed E-state index contributed by atoms with van der Waals surface area (Å²) in [6.45, 7) is 3.64. The molecule has 3 aromatic rings. The molecule has 0 saturated heterocycles. The van der Waals surface area contributed by atoms with Gasteiger partial charge in [0, 0.05) is 28.3 Å². The number of nitrogens with one attached hydrogen (secondary N) is 2. The van der Waals surface area contributed by atoms with Gasteiger partial charge < -0.3 is 20.1 Å². The molecule has 0 aliphatic heterocycles. The van der Waals surface area contributed by atoms with Crippen molar-refractivity contribution in [3.63, 3.8) is 0 Å². The number of amides is 2. The fraction of sp³-hybridized carbons (Fsp3) is 0.375. The monoisotopic (exact) mass is 554 g/mol. The molecule has 41 heavy (non-hydrogen) atoms. The first kappa shape index (κ1) is 26.8. The lowest BCUT2D eigenvalue weighted by Crippen LogP contribution is -2.43. The predicted molar refractivity (Wildman–Crippen MR) is 155 cm³/mol. The Balaban J connectivity index is 1.10. The number of urea groups is 1. The summed E-state index contributed by atoms with van der Waals surface area (Å²) in [5, 5.41) is 25.8. The molecule has 212 valence electrons. The van der Waals surface area contributed by atoms with Crippen LogP contribution in [0.2, 0.25) is 0 Å². The number of carbonyl (C=O) groups excluding carboxylic acids is 1. The van der Waals surface area contributed by atoms with Crippen LogP contribution in [0.4, 0.5) is 10.5 Å². The number of carboxylic acids is 2. The Bertz CT molecular complexity index is 1490. The van der Waals surface area contributed by atoms with Crippen molar-refractivity contribution in [1.82, 2.24) is 9.99 Å². The van der Waals surface area contributed by atoms with Crippen LogP contribution in [0.5, 0.6) is 0 Å². The fourth-order valence-electron chi connectivity index (χ4n) is 7.88. The standard InChI is InChI=1S/C32H34N4O5/c1-17-7-26(18(2)36(17)28-14-24(30(37)38)13-25(15-28)31(39)40)16-33-35-32(41)34-27-5-3-21(4-6-27)29-22-9-19-8-20(11-22)12-23(29)10-19/h3-7,13-16,19-20,22-23,29H,8-12H2,1-2H3,(H,37,38)(H,39,40)(H2,34,35,41)/b33-16+. The maximum Gasteiger partial charge on any atom is 0.339 e. The number of carbonyl (C=O) groups is 3. The first-order valence-corrected chi connectivity index (χ1v) is 14.2. The molecule has 4 bridgehead atoms. The van der Waals surface area contributed by atoms with E-state index in [0.717, 1.165) is 35.4 Å². The smallest absolute Gasteiger partial charge is 0.339 e. The second-order valence-corrected chi connectivity index (χ2v) is 11.9. The van der Waals surface area contributed by atoms with Gasteiger partial charge in [-0.2, -0.15) is 5.10 Å². The Morgan fingerprint density at radius 2 is 1.44 bits per heavy atom. The Kier molecular flexibility index (Phi) is 6.89. The van der Waals surface area contributed by atoms with Crippen LogP contribution in [0.1, 0.15) is 81.3 Å². The van der Waals surface area contributed by atoms with Crippen molar-refractivity contribution >= 4 is 29.9 Å². The largest absolute Gasteiger partial charge is 0.478 e. The summed E-state index contributed by atoms with van der Waals surface area (Å²) in [6.07, 6.45) is 8.45. The van der Waals surface area contributed by atoms with Gasteiger partial charge in [-0.05, 0) is 118 Å². The molecular weight excluding hydrogens is 520 g/mol. The van der Waals surface area contributed by atoms with Gasteiger partial charge in [0.1, 0.15) is 0 Å². The number of hydrogen-bond acceptors (Lipinski definition) is 4. The van der Waals surface area contributed by atoms with E-state index in [4.69, 9.17) is 0 Å². The third-order valence-electron chi connectivity index (χ3n) is 9.29. The minimum atomic E-state index is -1.21.